The van der Waals surface area contributed by atoms with Crippen LogP contribution in [0, 0.1) is 6.92 Å². The number of hydrogen-bond donors (Lipinski definition) is 4. The molecule has 3 aromatic carbocycles. The number of carboxylic acid groups (broad SMARTS) is 1. The predicted octanol–water partition coefficient (Wildman–Crippen LogP) is 4.94. The molecule has 230 valence electrons. The van der Waals surface area contributed by atoms with E-state index in [9.17, 15) is 24.3 Å². The topological polar surface area (TPSA) is 144 Å². The maximum atomic E-state index is 13.4. The van der Waals surface area contributed by atoms with Gasteiger partial charge in [-0.3, -0.25) is 19.4 Å². The van der Waals surface area contributed by atoms with Gasteiger partial charge in [0, 0.05) is 55.4 Å². The standard InChI is InChI=1S/C34H34N6O5/c1-23-7-5-11-27(19-23)36-34(45)38-29-20-25(32(43)37-28(21-31(41)42)26-10-6-14-35-22-26)12-13-30(29)39-15-17-40(18-16-39)33(44)24-8-3-2-4-9-24/h2-14,19-20,22,28H,15-18,21H2,1H3,(H,37,43)(H,41,42)(H2,36,38,45). The molecule has 1 aliphatic heterocycles. The van der Waals surface area contributed by atoms with Crippen molar-refractivity contribution in [2.75, 3.05) is 41.7 Å². The van der Waals surface area contributed by atoms with Crippen LogP contribution in [-0.2, 0) is 4.79 Å². The third-order valence-corrected chi connectivity index (χ3v) is 7.48. The zero-order valence-electron chi connectivity index (χ0n) is 24.8. The summed E-state index contributed by atoms with van der Waals surface area (Å²) in [5, 5.41) is 18.0. The molecule has 0 spiro atoms. The Morgan fingerprint density at radius 1 is 0.844 bits per heavy atom. The lowest BCUT2D eigenvalue weighted by atomic mass is 10.0. The van der Waals surface area contributed by atoms with Crippen molar-refractivity contribution in [3.05, 3.63) is 120 Å². The maximum Gasteiger partial charge on any atom is 0.323 e. The Kier molecular flexibility index (Phi) is 9.68. The molecule has 1 unspecified atom stereocenters. The summed E-state index contributed by atoms with van der Waals surface area (Å²) < 4.78 is 0. The summed E-state index contributed by atoms with van der Waals surface area (Å²) in [6, 6.07) is 23.6. The number of nitrogens with zero attached hydrogens (tertiary/aromatic N) is 3. The lowest BCUT2D eigenvalue weighted by molar-refractivity contribution is -0.137. The highest BCUT2D eigenvalue weighted by Crippen LogP contribution is 2.30. The third-order valence-electron chi connectivity index (χ3n) is 7.48. The molecule has 1 fully saturated rings. The van der Waals surface area contributed by atoms with E-state index in [1.165, 1.54) is 6.20 Å². The van der Waals surface area contributed by atoms with Gasteiger partial charge >= 0.3 is 12.0 Å². The fraction of sp³-hybridized carbons (Fsp3) is 0.206. The Morgan fingerprint density at radius 2 is 1.62 bits per heavy atom. The summed E-state index contributed by atoms with van der Waals surface area (Å²) in [7, 11) is 0. The third kappa shape index (κ3) is 8.02. The van der Waals surface area contributed by atoms with Gasteiger partial charge in [-0.15, -0.1) is 0 Å². The van der Waals surface area contributed by atoms with Gasteiger partial charge in [0.25, 0.3) is 11.8 Å². The van der Waals surface area contributed by atoms with Crippen LogP contribution < -0.4 is 20.9 Å². The second-order valence-electron chi connectivity index (χ2n) is 10.7. The Balaban J connectivity index is 1.37. The van der Waals surface area contributed by atoms with E-state index in [0.29, 0.717) is 54.4 Å². The predicted molar refractivity (Wildman–Crippen MR) is 172 cm³/mol. The minimum Gasteiger partial charge on any atom is -0.481 e. The molecule has 45 heavy (non-hydrogen) atoms. The number of rotatable bonds is 9. The average molecular weight is 607 g/mol. The summed E-state index contributed by atoms with van der Waals surface area (Å²) >= 11 is 0. The Labute approximate surface area is 260 Å². The molecule has 0 bridgehead atoms. The van der Waals surface area contributed by atoms with E-state index >= 15 is 0 Å². The number of carbonyl (C=O) groups excluding carboxylic acids is 3. The van der Waals surface area contributed by atoms with Crippen LogP contribution >= 0.6 is 0 Å². The number of urea groups is 1. The zero-order chi connectivity index (χ0) is 31.8. The van der Waals surface area contributed by atoms with Gasteiger partial charge in [-0.2, -0.15) is 0 Å². The number of carboxylic acids is 1. The van der Waals surface area contributed by atoms with Crippen LogP contribution in [0.5, 0.6) is 0 Å². The summed E-state index contributed by atoms with van der Waals surface area (Å²) in [5.74, 6) is -1.61. The van der Waals surface area contributed by atoms with Crippen LogP contribution in [0.4, 0.5) is 21.9 Å². The van der Waals surface area contributed by atoms with E-state index in [2.05, 4.69) is 25.8 Å². The molecular formula is C34H34N6O5. The van der Waals surface area contributed by atoms with E-state index in [0.717, 1.165) is 5.56 Å². The molecule has 0 radical (unpaired) electrons. The van der Waals surface area contributed by atoms with Crippen molar-refractivity contribution in [1.29, 1.82) is 0 Å². The number of hydrogen-bond acceptors (Lipinski definition) is 6. The highest BCUT2D eigenvalue weighted by atomic mass is 16.4. The Hall–Kier alpha value is -5.71. The van der Waals surface area contributed by atoms with Crippen molar-refractivity contribution in [3.8, 4) is 0 Å². The van der Waals surface area contributed by atoms with E-state index in [1.54, 1.807) is 59.6 Å². The second kappa shape index (κ2) is 14.2. The molecular weight excluding hydrogens is 572 g/mol. The van der Waals surface area contributed by atoms with Gasteiger partial charge in [-0.05, 0) is 66.6 Å². The molecule has 1 saturated heterocycles. The molecule has 1 atom stereocenters. The van der Waals surface area contributed by atoms with Crippen LogP contribution in [-0.4, -0.2) is 65.0 Å². The monoisotopic (exact) mass is 606 g/mol. The molecule has 11 heteroatoms. The summed E-state index contributed by atoms with van der Waals surface area (Å²) in [4.78, 5) is 59.0. The molecule has 4 aromatic rings. The van der Waals surface area contributed by atoms with E-state index < -0.39 is 23.9 Å². The van der Waals surface area contributed by atoms with Gasteiger partial charge in [0.1, 0.15) is 0 Å². The van der Waals surface area contributed by atoms with Crippen molar-refractivity contribution in [2.24, 2.45) is 0 Å². The van der Waals surface area contributed by atoms with Crippen LogP contribution in [0.2, 0.25) is 0 Å². The summed E-state index contributed by atoms with van der Waals surface area (Å²) in [6.07, 6.45) is 2.76. The number of piperazine rings is 1. The first-order chi connectivity index (χ1) is 21.8. The first-order valence-electron chi connectivity index (χ1n) is 14.6. The molecule has 1 aliphatic rings. The smallest absolute Gasteiger partial charge is 0.323 e. The van der Waals surface area contributed by atoms with Gasteiger partial charge in [-0.1, -0.05) is 36.4 Å². The van der Waals surface area contributed by atoms with Crippen LogP contribution in [0.15, 0.2) is 97.3 Å². The van der Waals surface area contributed by atoms with E-state index in [4.69, 9.17) is 0 Å². The van der Waals surface area contributed by atoms with Gasteiger partial charge in [-0.25, -0.2) is 4.79 Å². The number of aliphatic carboxylic acids is 1. The number of anilines is 3. The molecule has 4 N–H and O–H groups in total. The quantitative estimate of drug-likeness (QED) is 0.211. The number of amides is 4. The zero-order valence-corrected chi connectivity index (χ0v) is 24.8. The van der Waals surface area contributed by atoms with Crippen molar-refractivity contribution in [2.45, 2.75) is 19.4 Å². The number of aromatic nitrogens is 1. The number of nitrogens with one attached hydrogen (secondary N) is 3. The normalized spacial score (nSPS) is 13.4. The SMILES string of the molecule is Cc1cccc(NC(=O)Nc2cc(C(=O)NC(CC(=O)O)c3cccnc3)ccc2N2CCN(C(=O)c3ccccc3)CC2)c1. The molecule has 0 aliphatic carbocycles. The lowest BCUT2D eigenvalue weighted by Crippen LogP contribution is -2.49. The Morgan fingerprint density at radius 3 is 2.31 bits per heavy atom. The van der Waals surface area contributed by atoms with Crippen molar-refractivity contribution >= 4 is 40.9 Å². The van der Waals surface area contributed by atoms with Crippen molar-refractivity contribution in [1.82, 2.24) is 15.2 Å². The minimum absolute atomic E-state index is 0.0392. The van der Waals surface area contributed by atoms with Crippen LogP contribution in [0.1, 0.15) is 44.3 Å². The van der Waals surface area contributed by atoms with Gasteiger partial charge < -0.3 is 30.9 Å². The summed E-state index contributed by atoms with van der Waals surface area (Å²) in [5.41, 5.74) is 4.11. The molecule has 11 nitrogen and oxygen atoms in total. The van der Waals surface area contributed by atoms with Gasteiger partial charge in [0.15, 0.2) is 0 Å². The van der Waals surface area contributed by atoms with Gasteiger partial charge in [0.05, 0.1) is 23.8 Å². The highest BCUT2D eigenvalue weighted by molar-refractivity contribution is 6.04. The van der Waals surface area contributed by atoms with Crippen LogP contribution in [0.25, 0.3) is 0 Å². The van der Waals surface area contributed by atoms with Gasteiger partial charge in [0.2, 0.25) is 0 Å². The minimum atomic E-state index is -1.07. The highest BCUT2D eigenvalue weighted by Gasteiger charge is 2.25. The van der Waals surface area contributed by atoms with Crippen LogP contribution in [0.3, 0.4) is 0 Å². The molecule has 0 saturated carbocycles. The first kappa shape index (κ1) is 30.7. The van der Waals surface area contributed by atoms with E-state index in [-0.39, 0.29) is 17.9 Å². The number of carbonyl (C=O) groups is 4. The largest absolute Gasteiger partial charge is 0.481 e. The molecule has 2 heterocycles. The summed E-state index contributed by atoms with van der Waals surface area (Å²) in [6.45, 7) is 3.91. The van der Waals surface area contributed by atoms with E-state index in [1.807, 2.05) is 43.3 Å². The fourth-order valence-corrected chi connectivity index (χ4v) is 5.22. The Bertz CT molecular complexity index is 1670. The molecule has 1 aromatic heterocycles. The molecule has 4 amide bonds. The molecule has 5 rings (SSSR count). The maximum absolute atomic E-state index is 13.4. The lowest BCUT2D eigenvalue weighted by Gasteiger charge is -2.37. The van der Waals surface area contributed by atoms with Crippen molar-refractivity contribution in [3.63, 3.8) is 0 Å². The van der Waals surface area contributed by atoms with Crippen molar-refractivity contribution < 1.29 is 24.3 Å². The number of pyridine rings is 1. The second-order valence-corrected chi connectivity index (χ2v) is 10.7. The number of aryl methyl sites for hydroxylation is 1. The first-order valence-corrected chi connectivity index (χ1v) is 14.6. The average Bonchev–Trinajstić information content (AvgIpc) is 3.05. The number of benzene rings is 3. The fourth-order valence-electron chi connectivity index (χ4n) is 5.22.